The van der Waals surface area contributed by atoms with Crippen molar-refractivity contribution >= 4 is 60.8 Å². The number of anilines is 1. The maximum absolute atomic E-state index is 14.6. The molecule has 0 fully saturated rings. The second-order valence-corrected chi connectivity index (χ2v) is 15.2. The number of likely N-dealkylation sites (N-methyl/N-ethyl adjacent to an activating group) is 1. The molecule has 2 heterocycles. The average Bonchev–Trinajstić information content (AvgIpc) is 3.69. The summed E-state index contributed by atoms with van der Waals surface area (Å²) in [5, 5.41) is 33.5. The van der Waals surface area contributed by atoms with Crippen molar-refractivity contribution in [3.05, 3.63) is 76.1 Å². The third kappa shape index (κ3) is 11.9. The number of para-hydroxylation sites is 1. The largest absolute Gasteiger partial charge is 0.491 e. The highest BCUT2D eigenvalue weighted by Crippen LogP contribution is 2.30. The van der Waals surface area contributed by atoms with Crippen LogP contribution in [0, 0.1) is 23.1 Å². The van der Waals surface area contributed by atoms with Crippen LogP contribution in [-0.2, 0) is 6.42 Å². The van der Waals surface area contributed by atoms with Crippen LogP contribution in [0.1, 0.15) is 47.1 Å². The quantitative estimate of drug-likeness (QED) is 0.0310. The SMILES string of the molecule is CNCC#Cc1ccc(OCCCc2sc(N(CCCC(O)C[N+](C)(C)C)C(=N)/C=C(C)\C(N)=N\c3nc4ccccc4s3)nc2C(=O)O)c(F)c1. The topological polar surface area (TPSA) is 170 Å². The van der Waals surface area contributed by atoms with E-state index in [0.717, 1.165) is 10.2 Å². The molecule has 12 nitrogen and oxygen atoms in total. The number of aryl methyl sites for hydroxylation is 1. The summed E-state index contributed by atoms with van der Waals surface area (Å²) in [6, 6.07) is 12.2. The van der Waals surface area contributed by atoms with Crippen molar-refractivity contribution in [2.45, 2.75) is 38.7 Å². The van der Waals surface area contributed by atoms with Crippen LogP contribution in [0.5, 0.6) is 5.75 Å². The van der Waals surface area contributed by atoms with Crippen LogP contribution in [0.2, 0.25) is 0 Å². The van der Waals surface area contributed by atoms with Gasteiger partial charge in [0.15, 0.2) is 22.4 Å². The number of hydrogen-bond donors (Lipinski definition) is 5. The van der Waals surface area contributed by atoms with E-state index >= 15 is 0 Å². The maximum atomic E-state index is 14.6. The third-order valence-corrected chi connectivity index (χ3v) is 9.65. The molecule has 0 radical (unpaired) electrons. The van der Waals surface area contributed by atoms with Gasteiger partial charge in [-0.2, -0.15) is 0 Å². The second kappa shape index (κ2) is 18.7. The number of halogens is 1. The van der Waals surface area contributed by atoms with E-state index in [9.17, 15) is 19.4 Å². The lowest BCUT2D eigenvalue weighted by molar-refractivity contribution is -0.873. The zero-order chi connectivity index (χ0) is 37.8. The highest BCUT2D eigenvalue weighted by Gasteiger charge is 2.24. The fraction of sp³-hybridized carbons (Fsp3) is 0.378. The number of thiazole rings is 2. The highest BCUT2D eigenvalue weighted by molar-refractivity contribution is 7.22. The van der Waals surface area contributed by atoms with Gasteiger partial charge in [0.25, 0.3) is 0 Å². The van der Waals surface area contributed by atoms with Crippen LogP contribution >= 0.6 is 22.7 Å². The zero-order valence-electron chi connectivity index (χ0n) is 30.1. The van der Waals surface area contributed by atoms with Gasteiger partial charge in [-0.1, -0.05) is 35.3 Å². The molecule has 0 saturated carbocycles. The Labute approximate surface area is 311 Å². The minimum Gasteiger partial charge on any atom is -0.491 e. The highest BCUT2D eigenvalue weighted by atomic mass is 32.1. The number of carboxylic acid groups (broad SMARTS) is 1. The van der Waals surface area contributed by atoms with Gasteiger partial charge in [-0.25, -0.2) is 24.1 Å². The van der Waals surface area contributed by atoms with Gasteiger partial charge >= 0.3 is 5.97 Å². The number of fused-ring (bicyclic) bond motifs is 1. The summed E-state index contributed by atoms with van der Waals surface area (Å²) in [6.07, 6.45) is 2.72. The average molecular weight is 750 g/mol. The molecule has 0 bridgehead atoms. The van der Waals surface area contributed by atoms with Crippen molar-refractivity contribution in [2.75, 3.05) is 59.3 Å². The summed E-state index contributed by atoms with van der Waals surface area (Å²) in [4.78, 5) is 27.9. The van der Waals surface area contributed by atoms with Gasteiger partial charge in [0, 0.05) is 17.0 Å². The summed E-state index contributed by atoms with van der Waals surface area (Å²) >= 11 is 2.58. The molecule has 4 rings (SSSR count). The lowest BCUT2D eigenvalue weighted by atomic mass is 10.1. The minimum atomic E-state index is -1.19. The minimum absolute atomic E-state index is 0.0381. The molecule has 6 N–H and O–H groups in total. The van der Waals surface area contributed by atoms with Crippen LogP contribution < -0.4 is 20.7 Å². The predicted octanol–water partition coefficient (Wildman–Crippen LogP) is 5.44. The Kier molecular flexibility index (Phi) is 14.4. The number of aromatic carboxylic acids is 1. The summed E-state index contributed by atoms with van der Waals surface area (Å²) in [6.45, 7) is 3.23. The Morgan fingerprint density at radius 3 is 2.67 bits per heavy atom. The first-order valence-corrected chi connectivity index (χ1v) is 18.4. The number of nitrogens with one attached hydrogen (secondary N) is 2. The van der Waals surface area contributed by atoms with Gasteiger partial charge < -0.3 is 35.4 Å². The number of nitrogens with two attached hydrogens (primary N) is 1. The standard InChI is InChI=1S/C37H45FN8O4S2/c1-24(34(40)44-36-42-28-13-6-7-14-30(28)51-36)21-32(39)45(19-9-12-26(47)23-46(3,4)5)37-43-33(35(48)49)31(52-37)15-10-20-50-29-17-16-25(22-27(29)38)11-8-18-41-2/h6-7,13-14,16-17,21-22,26,39,41,47H,9-10,12,15,18-20,23H2,1-5H3,(H2-,40,42,44,48,49)/p+1/b24-21-,39-32?. The molecule has 15 heteroatoms. The number of aliphatic imine (C=N–C) groups is 1. The van der Waals surface area contributed by atoms with E-state index in [-0.39, 0.29) is 29.7 Å². The fourth-order valence-electron chi connectivity index (χ4n) is 5.12. The Bertz CT molecular complexity index is 1960. The first-order valence-electron chi connectivity index (χ1n) is 16.8. The lowest BCUT2D eigenvalue weighted by Crippen LogP contribution is -2.41. The second-order valence-electron chi connectivity index (χ2n) is 13.1. The van der Waals surface area contributed by atoms with Gasteiger partial charge in [0.2, 0.25) is 5.13 Å². The number of quaternary nitrogens is 1. The van der Waals surface area contributed by atoms with Crippen molar-refractivity contribution in [1.29, 1.82) is 5.41 Å². The van der Waals surface area contributed by atoms with E-state index < -0.39 is 17.9 Å². The van der Waals surface area contributed by atoms with Crippen molar-refractivity contribution in [2.24, 2.45) is 10.7 Å². The molecule has 0 aliphatic heterocycles. The number of aromatic nitrogens is 2. The molecular weight excluding hydrogens is 704 g/mol. The Hall–Kier alpha value is -4.72. The van der Waals surface area contributed by atoms with Crippen LogP contribution in [-0.4, -0.2) is 103 Å². The molecule has 2 aromatic carbocycles. The molecule has 2 aromatic heterocycles. The monoisotopic (exact) mass is 749 g/mol. The van der Waals surface area contributed by atoms with Crippen LogP contribution in [0.15, 0.2) is 59.1 Å². The molecule has 1 atom stereocenters. The van der Waals surface area contributed by atoms with Crippen molar-refractivity contribution in [3.63, 3.8) is 0 Å². The van der Waals surface area contributed by atoms with Crippen LogP contribution in [0.3, 0.4) is 0 Å². The van der Waals surface area contributed by atoms with Crippen molar-refractivity contribution in [3.8, 4) is 17.6 Å². The van der Waals surface area contributed by atoms with E-state index in [1.54, 1.807) is 31.0 Å². The number of carboxylic acids is 1. The molecule has 4 aromatic rings. The molecule has 0 spiro atoms. The molecule has 52 heavy (non-hydrogen) atoms. The molecule has 0 amide bonds. The molecular formula is C37H46FN8O4S2+. The van der Waals surface area contributed by atoms with Gasteiger partial charge in [0.05, 0.1) is 44.5 Å². The third-order valence-electron chi connectivity index (χ3n) is 7.58. The number of ether oxygens (including phenoxy) is 1. The van der Waals surface area contributed by atoms with E-state index in [4.69, 9.17) is 15.9 Å². The number of nitrogens with zero attached hydrogens (tertiary/aromatic N) is 5. The Morgan fingerprint density at radius 2 is 1.98 bits per heavy atom. The first kappa shape index (κ1) is 40.1. The lowest BCUT2D eigenvalue weighted by Gasteiger charge is -2.27. The van der Waals surface area contributed by atoms with Crippen LogP contribution in [0.4, 0.5) is 14.7 Å². The summed E-state index contributed by atoms with van der Waals surface area (Å²) in [5.41, 5.74) is 8.11. The van der Waals surface area contributed by atoms with E-state index in [1.165, 1.54) is 34.8 Å². The number of carbonyl (C=O) groups is 1. The molecule has 1 unspecified atom stereocenters. The summed E-state index contributed by atoms with van der Waals surface area (Å²) in [5.74, 6) is 4.36. The Morgan fingerprint density at radius 1 is 1.21 bits per heavy atom. The number of hydrogen-bond acceptors (Lipinski definition) is 10. The van der Waals surface area contributed by atoms with Crippen LogP contribution in [0.25, 0.3) is 10.2 Å². The Balaban J connectivity index is 1.51. The number of aliphatic hydroxyl groups is 1. The summed E-state index contributed by atoms with van der Waals surface area (Å²) < 4.78 is 21.9. The normalized spacial score (nSPS) is 12.8. The van der Waals surface area contributed by atoms with Gasteiger partial charge in [0.1, 0.15) is 24.3 Å². The first-order chi connectivity index (χ1) is 24.7. The van der Waals surface area contributed by atoms with Crippen molar-refractivity contribution in [1.82, 2.24) is 15.3 Å². The number of rotatable bonds is 17. The maximum Gasteiger partial charge on any atom is 0.355 e. The van der Waals surface area contributed by atoms with Crippen molar-refractivity contribution < 1.29 is 28.6 Å². The molecule has 0 saturated heterocycles. The predicted molar refractivity (Wildman–Crippen MR) is 208 cm³/mol. The number of amidine groups is 2. The van der Waals surface area contributed by atoms with E-state index in [1.807, 2.05) is 45.4 Å². The molecule has 0 aliphatic rings. The smallest absolute Gasteiger partial charge is 0.355 e. The molecule has 276 valence electrons. The van der Waals surface area contributed by atoms with Gasteiger partial charge in [-0.3, -0.25) is 5.41 Å². The molecule has 0 aliphatic carbocycles. The zero-order valence-corrected chi connectivity index (χ0v) is 31.7. The number of aliphatic hydroxyl groups excluding tert-OH is 1. The van der Waals surface area contributed by atoms with E-state index in [0.29, 0.717) is 76.1 Å². The van der Waals surface area contributed by atoms with Gasteiger partial charge in [-0.05, 0) is 81.6 Å². The summed E-state index contributed by atoms with van der Waals surface area (Å²) in [7, 11) is 7.79. The fourth-order valence-corrected chi connectivity index (χ4v) is 7.10. The number of benzene rings is 2. The van der Waals surface area contributed by atoms with Gasteiger partial charge in [-0.15, -0.1) is 11.3 Å². The van der Waals surface area contributed by atoms with E-state index in [2.05, 4.69) is 32.1 Å².